The fourth-order valence-corrected chi connectivity index (χ4v) is 2.29. The molecule has 0 aliphatic carbocycles. The summed E-state index contributed by atoms with van der Waals surface area (Å²) in [5.41, 5.74) is 23.1. The van der Waals surface area contributed by atoms with Gasteiger partial charge >= 0.3 is 0 Å². The summed E-state index contributed by atoms with van der Waals surface area (Å²) < 4.78 is 11.7. The van der Waals surface area contributed by atoms with Crippen molar-refractivity contribution in [2.75, 3.05) is 26.3 Å². The molecule has 0 spiro atoms. The van der Waals surface area contributed by atoms with Gasteiger partial charge < -0.3 is 32.4 Å². The Bertz CT molecular complexity index is 702. The van der Waals surface area contributed by atoms with Gasteiger partial charge in [0.05, 0.1) is 13.1 Å². The van der Waals surface area contributed by atoms with Crippen LogP contribution in [0.25, 0.3) is 11.1 Å². The quantitative estimate of drug-likeness (QED) is 0.295. The molecule has 0 radical (unpaired) electrons. The predicted octanol–water partition coefficient (Wildman–Crippen LogP) is 0.658. The molecule has 8 N–H and O–H groups in total. The maximum atomic E-state index is 5.83. The monoisotopic (exact) mass is 356 g/mol. The van der Waals surface area contributed by atoms with Crippen molar-refractivity contribution in [2.45, 2.75) is 0 Å². The van der Waals surface area contributed by atoms with E-state index in [0.717, 1.165) is 22.6 Å². The highest BCUT2D eigenvalue weighted by Crippen LogP contribution is 2.36. The van der Waals surface area contributed by atoms with E-state index >= 15 is 0 Å². The molecule has 0 amide bonds. The van der Waals surface area contributed by atoms with E-state index in [1.807, 2.05) is 48.5 Å². The van der Waals surface area contributed by atoms with Crippen molar-refractivity contribution in [2.24, 2.45) is 32.9 Å². The summed E-state index contributed by atoms with van der Waals surface area (Å²) in [5, 5.41) is 0. The summed E-state index contributed by atoms with van der Waals surface area (Å²) in [6.07, 6.45) is 0. The number of nitrogens with zero attached hydrogens (tertiary/aromatic N) is 2. The first-order chi connectivity index (χ1) is 12.6. The highest BCUT2D eigenvalue weighted by Gasteiger charge is 2.11. The molecule has 0 saturated heterocycles. The zero-order chi connectivity index (χ0) is 18.8. The van der Waals surface area contributed by atoms with Crippen molar-refractivity contribution in [1.82, 2.24) is 0 Å². The van der Waals surface area contributed by atoms with Crippen LogP contribution in [0.4, 0.5) is 0 Å². The number of aliphatic imine (C=N–C) groups is 2. The molecule has 2 rings (SSSR count). The minimum atomic E-state index is 0.0430. The lowest BCUT2D eigenvalue weighted by Gasteiger charge is -2.14. The zero-order valence-electron chi connectivity index (χ0n) is 14.5. The molecule has 0 fully saturated rings. The summed E-state index contributed by atoms with van der Waals surface area (Å²) in [6, 6.07) is 15.4. The normalized spacial score (nSPS) is 10.0. The molecule has 0 aliphatic rings. The van der Waals surface area contributed by atoms with Crippen LogP contribution in [0.5, 0.6) is 11.5 Å². The number of hydrogen-bond donors (Lipinski definition) is 4. The first-order valence-corrected chi connectivity index (χ1v) is 8.12. The lowest BCUT2D eigenvalue weighted by molar-refractivity contribution is 0.325. The number of hydrogen-bond acceptors (Lipinski definition) is 4. The van der Waals surface area contributed by atoms with Crippen LogP contribution >= 0.6 is 0 Å². The minimum Gasteiger partial charge on any atom is -0.491 e. The highest BCUT2D eigenvalue weighted by molar-refractivity contribution is 5.76. The number of guanidine groups is 2. The van der Waals surface area contributed by atoms with Crippen LogP contribution in [0.2, 0.25) is 0 Å². The molecule has 2 aromatic rings. The van der Waals surface area contributed by atoms with Gasteiger partial charge in [0.1, 0.15) is 24.7 Å². The Morgan fingerprint density at radius 1 is 0.654 bits per heavy atom. The average Bonchev–Trinajstić information content (AvgIpc) is 2.63. The third-order valence-electron chi connectivity index (χ3n) is 3.35. The molecule has 138 valence electrons. The smallest absolute Gasteiger partial charge is 0.186 e. The minimum absolute atomic E-state index is 0.0430. The summed E-state index contributed by atoms with van der Waals surface area (Å²) in [6.45, 7) is 1.49. The van der Waals surface area contributed by atoms with Crippen molar-refractivity contribution in [1.29, 1.82) is 0 Å². The second-order valence-corrected chi connectivity index (χ2v) is 5.30. The third-order valence-corrected chi connectivity index (χ3v) is 3.35. The largest absolute Gasteiger partial charge is 0.491 e. The molecule has 0 bridgehead atoms. The zero-order valence-corrected chi connectivity index (χ0v) is 14.5. The topological polar surface area (TPSA) is 147 Å². The van der Waals surface area contributed by atoms with Crippen LogP contribution in [-0.2, 0) is 0 Å². The van der Waals surface area contributed by atoms with Crippen LogP contribution < -0.4 is 32.4 Å². The molecular formula is C18H24N6O2. The van der Waals surface area contributed by atoms with Crippen molar-refractivity contribution >= 4 is 11.9 Å². The second-order valence-electron chi connectivity index (χ2n) is 5.30. The van der Waals surface area contributed by atoms with Gasteiger partial charge in [0.2, 0.25) is 0 Å². The van der Waals surface area contributed by atoms with E-state index in [2.05, 4.69) is 9.98 Å². The van der Waals surface area contributed by atoms with E-state index < -0.39 is 0 Å². The van der Waals surface area contributed by atoms with E-state index in [0.29, 0.717) is 26.3 Å². The Morgan fingerprint density at radius 3 is 1.42 bits per heavy atom. The summed E-state index contributed by atoms with van der Waals surface area (Å²) in [5.74, 6) is 1.53. The van der Waals surface area contributed by atoms with Gasteiger partial charge in [-0.3, -0.25) is 9.98 Å². The fraction of sp³-hybridized carbons (Fsp3) is 0.222. The Labute approximate surface area is 152 Å². The molecular weight excluding hydrogens is 332 g/mol. The maximum absolute atomic E-state index is 5.83. The van der Waals surface area contributed by atoms with Gasteiger partial charge in [-0.2, -0.15) is 0 Å². The molecule has 2 aromatic carbocycles. The molecule has 0 unspecified atom stereocenters. The number of nitrogens with two attached hydrogens (primary N) is 4. The van der Waals surface area contributed by atoms with Gasteiger partial charge in [0.15, 0.2) is 11.9 Å². The summed E-state index contributed by atoms with van der Waals surface area (Å²) >= 11 is 0. The van der Waals surface area contributed by atoms with Crippen LogP contribution in [0.15, 0.2) is 58.5 Å². The van der Waals surface area contributed by atoms with Gasteiger partial charge in [-0.05, 0) is 12.1 Å². The average molecular weight is 356 g/mol. The summed E-state index contributed by atoms with van der Waals surface area (Å²) in [7, 11) is 0. The second kappa shape index (κ2) is 9.77. The number of ether oxygens (including phenoxy) is 2. The molecule has 0 heterocycles. The number of para-hydroxylation sites is 2. The highest BCUT2D eigenvalue weighted by atomic mass is 16.5. The van der Waals surface area contributed by atoms with E-state index in [-0.39, 0.29) is 11.9 Å². The van der Waals surface area contributed by atoms with Crippen LogP contribution in [0.3, 0.4) is 0 Å². The van der Waals surface area contributed by atoms with Gasteiger partial charge in [-0.25, -0.2) is 0 Å². The number of benzene rings is 2. The summed E-state index contributed by atoms with van der Waals surface area (Å²) in [4.78, 5) is 7.83. The Balaban J connectivity index is 2.15. The Hall–Kier alpha value is -3.42. The molecule has 0 aromatic heterocycles. The van der Waals surface area contributed by atoms with Gasteiger partial charge in [0.25, 0.3) is 0 Å². The first kappa shape index (κ1) is 18.9. The van der Waals surface area contributed by atoms with Crippen LogP contribution in [-0.4, -0.2) is 38.2 Å². The number of rotatable bonds is 9. The van der Waals surface area contributed by atoms with E-state index in [4.69, 9.17) is 32.4 Å². The fourth-order valence-electron chi connectivity index (χ4n) is 2.29. The van der Waals surface area contributed by atoms with Crippen LogP contribution in [0.1, 0.15) is 0 Å². The predicted molar refractivity (Wildman–Crippen MR) is 104 cm³/mol. The lowest BCUT2D eigenvalue weighted by atomic mass is 10.0. The molecule has 8 nitrogen and oxygen atoms in total. The first-order valence-electron chi connectivity index (χ1n) is 8.12. The van der Waals surface area contributed by atoms with Crippen molar-refractivity contribution < 1.29 is 9.47 Å². The Morgan fingerprint density at radius 2 is 1.04 bits per heavy atom. The van der Waals surface area contributed by atoms with Gasteiger partial charge in [-0.1, -0.05) is 36.4 Å². The van der Waals surface area contributed by atoms with Crippen LogP contribution in [0, 0.1) is 0 Å². The van der Waals surface area contributed by atoms with Crippen molar-refractivity contribution in [3.8, 4) is 22.6 Å². The van der Waals surface area contributed by atoms with E-state index in [1.54, 1.807) is 0 Å². The van der Waals surface area contributed by atoms with Crippen molar-refractivity contribution in [3.05, 3.63) is 48.5 Å². The Kier molecular flexibility index (Phi) is 7.11. The van der Waals surface area contributed by atoms with Gasteiger partial charge in [-0.15, -0.1) is 0 Å². The van der Waals surface area contributed by atoms with E-state index in [1.165, 1.54) is 0 Å². The van der Waals surface area contributed by atoms with E-state index in [9.17, 15) is 0 Å². The SMILES string of the molecule is NC(N)=NCCOc1ccccc1-c1ccccc1OCCN=C(N)N. The molecule has 26 heavy (non-hydrogen) atoms. The van der Waals surface area contributed by atoms with Gasteiger partial charge in [0, 0.05) is 11.1 Å². The molecule has 0 aliphatic heterocycles. The maximum Gasteiger partial charge on any atom is 0.186 e. The molecule has 0 saturated carbocycles. The van der Waals surface area contributed by atoms with Crippen molar-refractivity contribution in [3.63, 3.8) is 0 Å². The standard InChI is InChI=1S/C18H24N6O2/c19-17(20)23-9-11-25-15-7-3-1-5-13(15)14-6-2-4-8-16(14)26-12-10-24-18(21)22/h1-8H,9-12H2,(H4,19,20,23)(H4,21,22,24). The molecule has 0 atom stereocenters. The molecule has 8 heteroatoms. The lowest BCUT2D eigenvalue weighted by Crippen LogP contribution is -2.23. The third kappa shape index (κ3) is 5.90.